The van der Waals surface area contributed by atoms with Gasteiger partial charge in [-0.15, -0.1) is 11.3 Å². The smallest absolute Gasteiger partial charge is 0.210 e. The van der Waals surface area contributed by atoms with Crippen LogP contribution in [0.5, 0.6) is 0 Å². The van der Waals surface area contributed by atoms with Gasteiger partial charge in [0, 0.05) is 22.0 Å². The highest BCUT2D eigenvalue weighted by molar-refractivity contribution is 7.26. The lowest BCUT2D eigenvalue weighted by Crippen LogP contribution is -1.91. The van der Waals surface area contributed by atoms with Crippen LogP contribution in [0.1, 0.15) is 6.92 Å². The van der Waals surface area contributed by atoms with Crippen molar-refractivity contribution in [2.45, 2.75) is 13.5 Å². The summed E-state index contributed by atoms with van der Waals surface area (Å²) >= 11 is 1.83. The zero-order chi connectivity index (χ0) is 14.0. The first-order chi connectivity index (χ1) is 10.4. The number of fused-ring (bicyclic) bond motifs is 7. The second-order valence-corrected chi connectivity index (χ2v) is 6.35. The molecule has 0 unspecified atom stereocenters. The molecule has 0 bridgehead atoms. The predicted molar refractivity (Wildman–Crippen MR) is 90.3 cm³/mol. The topological polar surface area (TPSA) is 18.1 Å². The normalized spacial score (nSPS) is 12.2. The molecule has 0 N–H and O–H groups in total. The van der Waals surface area contributed by atoms with Crippen LogP contribution in [0, 0.1) is 0 Å². The van der Waals surface area contributed by atoms with Gasteiger partial charge < -0.3 is 8.98 Å². The molecule has 5 rings (SSSR count). The monoisotopic (exact) mass is 291 g/mol. The van der Waals surface area contributed by atoms with Crippen molar-refractivity contribution in [2.24, 2.45) is 0 Å². The maximum Gasteiger partial charge on any atom is 0.210 e. The largest absolute Gasteiger partial charge is 0.438 e. The zero-order valence-electron chi connectivity index (χ0n) is 11.6. The molecule has 3 heteroatoms. The summed E-state index contributed by atoms with van der Waals surface area (Å²) in [5.41, 5.74) is 3.30. The SMILES string of the molecule is CCn1c2ccccc2c2c3sc4ccccc4c3oc21. The van der Waals surface area contributed by atoms with E-state index >= 15 is 0 Å². The van der Waals surface area contributed by atoms with E-state index in [1.807, 2.05) is 11.3 Å². The fourth-order valence-corrected chi connectivity index (χ4v) is 4.48. The molecule has 3 heterocycles. The fraction of sp³-hybridized carbons (Fsp3) is 0.111. The Morgan fingerprint density at radius 1 is 1.00 bits per heavy atom. The number of para-hydroxylation sites is 1. The van der Waals surface area contributed by atoms with Gasteiger partial charge in [0.15, 0.2) is 5.58 Å². The number of aryl methyl sites for hydroxylation is 1. The molecule has 0 aliphatic rings. The number of nitrogens with zero attached hydrogens (tertiary/aromatic N) is 1. The fourth-order valence-electron chi connectivity index (χ4n) is 3.30. The van der Waals surface area contributed by atoms with Crippen LogP contribution >= 0.6 is 11.3 Å². The Hall–Kier alpha value is -2.26. The lowest BCUT2D eigenvalue weighted by atomic mass is 10.2. The molecule has 0 saturated carbocycles. The summed E-state index contributed by atoms with van der Waals surface area (Å²) in [4.78, 5) is 0. The second kappa shape index (κ2) is 3.89. The summed E-state index contributed by atoms with van der Waals surface area (Å²) in [7, 11) is 0. The van der Waals surface area contributed by atoms with Crippen molar-refractivity contribution in [3.05, 3.63) is 48.5 Å². The maximum atomic E-state index is 6.29. The molecule has 0 fully saturated rings. The number of aromatic nitrogens is 1. The highest BCUT2D eigenvalue weighted by Crippen LogP contribution is 2.44. The summed E-state index contributed by atoms with van der Waals surface area (Å²) in [6, 6.07) is 17.0. The van der Waals surface area contributed by atoms with E-state index in [9.17, 15) is 0 Å². The van der Waals surface area contributed by atoms with Crippen LogP contribution in [-0.4, -0.2) is 4.57 Å². The van der Waals surface area contributed by atoms with E-state index in [2.05, 4.69) is 60.0 Å². The van der Waals surface area contributed by atoms with Gasteiger partial charge >= 0.3 is 0 Å². The number of hydrogen-bond acceptors (Lipinski definition) is 2. The highest BCUT2D eigenvalue weighted by Gasteiger charge is 2.20. The molecule has 0 radical (unpaired) electrons. The number of thiophene rings is 1. The Balaban J connectivity index is 2.11. The van der Waals surface area contributed by atoms with Crippen LogP contribution in [-0.2, 0) is 6.54 Å². The Morgan fingerprint density at radius 2 is 1.76 bits per heavy atom. The van der Waals surface area contributed by atoms with Gasteiger partial charge in [0.2, 0.25) is 5.71 Å². The molecule has 0 spiro atoms. The van der Waals surface area contributed by atoms with E-state index in [0.717, 1.165) is 17.8 Å². The van der Waals surface area contributed by atoms with Crippen molar-refractivity contribution in [1.29, 1.82) is 0 Å². The first-order valence-corrected chi connectivity index (χ1v) is 8.01. The zero-order valence-corrected chi connectivity index (χ0v) is 12.4. The van der Waals surface area contributed by atoms with Crippen molar-refractivity contribution >= 4 is 53.7 Å². The predicted octanol–water partition coefficient (Wildman–Crippen LogP) is 5.78. The average Bonchev–Trinajstić information content (AvgIpc) is 3.13. The van der Waals surface area contributed by atoms with Gasteiger partial charge in [0.05, 0.1) is 15.6 Å². The first-order valence-electron chi connectivity index (χ1n) is 7.19. The van der Waals surface area contributed by atoms with Crippen molar-refractivity contribution in [2.75, 3.05) is 0 Å². The van der Waals surface area contributed by atoms with Crippen LogP contribution in [0.2, 0.25) is 0 Å². The summed E-state index contributed by atoms with van der Waals surface area (Å²) in [6.07, 6.45) is 0. The number of furan rings is 1. The molecular weight excluding hydrogens is 278 g/mol. The molecule has 3 aromatic heterocycles. The Bertz CT molecular complexity index is 1130. The van der Waals surface area contributed by atoms with Crippen molar-refractivity contribution < 1.29 is 4.42 Å². The van der Waals surface area contributed by atoms with Crippen LogP contribution in [0.25, 0.3) is 42.4 Å². The molecule has 2 aromatic carbocycles. The maximum absolute atomic E-state index is 6.29. The number of benzene rings is 2. The lowest BCUT2D eigenvalue weighted by molar-refractivity contribution is 0.620. The summed E-state index contributed by atoms with van der Waals surface area (Å²) in [5, 5.41) is 3.78. The summed E-state index contributed by atoms with van der Waals surface area (Å²) in [5.74, 6) is 0. The first kappa shape index (κ1) is 11.4. The molecule has 0 aliphatic carbocycles. The Morgan fingerprint density at radius 3 is 2.62 bits per heavy atom. The second-order valence-electron chi connectivity index (χ2n) is 5.30. The minimum Gasteiger partial charge on any atom is -0.438 e. The molecule has 0 saturated heterocycles. The third kappa shape index (κ3) is 1.32. The van der Waals surface area contributed by atoms with E-state index in [0.29, 0.717) is 0 Å². The van der Waals surface area contributed by atoms with Crippen molar-refractivity contribution in [1.82, 2.24) is 4.57 Å². The molecule has 102 valence electrons. The van der Waals surface area contributed by atoms with Crippen LogP contribution in [0.4, 0.5) is 0 Å². The Labute approximate surface area is 125 Å². The van der Waals surface area contributed by atoms with Crippen molar-refractivity contribution in [3.8, 4) is 0 Å². The minimum absolute atomic E-state index is 0.919. The third-order valence-electron chi connectivity index (χ3n) is 4.22. The van der Waals surface area contributed by atoms with E-state index < -0.39 is 0 Å². The van der Waals surface area contributed by atoms with Gasteiger partial charge in [-0.1, -0.05) is 30.3 Å². The van der Waals surface area contributed by atoms with E-state index in [1.165, 1.54) is 31.1 Å². The van der Waals surface area contributed by atoms with Gasteiger partial charge in [-0.25, -0.2) is 0 Å². The van der Waals surface area contributed by atoms with E-state index in [-0.39, 0.29) is 0 Å². The molecule has 5 aromatic rings. The van der Waals surface area contributed by atoms with Crippen LogP contribution in [0.15, 0.2) is 52.9 Å². The van der Waals surface area contributed by atoms with E-state index in [4.69, 9.17) is 4.42 Å². The van der Waals surface area contributed by atoms with Gasteiger partial charge in [0.1, 0.15) is 0 Å². The third-order valence-corrected chi connectivity index (χ3v) is 5.38. The molecule has 0 aliphatic heterocycles. The average molecular weight is 291 g/mol. The van der Waals surface area contributed by atoms with E-state index in [1.54, 1.807) is 0 Å². The van der Waals surface area contributed by atoms with Crippen LogP contribution in [0.3, 0.4) is 0 Å². The van der Waals surface area contributed by atoms with Crippen LogP contribution < -0.4 is 0 Å². The Kier molecular flexibility index (Phi) is 2.11. The van der Waals surface area contributed by atoms with Crippen molar-refractivity contribution in [3.63, 3.8) is 0 Å². The van der Waals surface area contributed by atoms with Gasteiger partial charge in [-0.05, 0) is 25.1 Å². The standard InChI is InChI=1S/C18H13NOS/c1-2-19-13-9-5-3-7-11(13)15-17-16(20-18(15)19)12-8-4-6-10-14(12)21-17/h3-10H,2H2,1H3. The van der Waals surface area contributed by atoms with Gasteiger partial charge in [-0.2, -0.15) is 0 Å². The summed E-state index contributed by atoms with van der Waals surface area (Å²) < 4.78 is 11.1. The lowest BCUT2D eigenvalue weighted by Gasteiger charge is -1.99. The highest BCUT2D eigenvalue weighted by atomic mass is 32.1. The molecule has 21 heavy (non-hydrogen) atoms. The minimum atomic E-state index is 0.919. The number of rotatable bonds is 1. The molecule has 0 atom stereocenters. The quantitative estimate of drug-likeness (QED) is 0.383. The molecule has 0 amide bonds. The number of hydrogen-bond donors (Lipinski definition) is 0. The molecule has 2 nitrogen and oxygen atoms in total. The summed E-state index contributed by atoms with van der Waals surface area (Å²) in [6.45, 7) is 3.09. The molecular formula is C18H13NOS. The van der Waals surface area contributed by atoms with Gasteiger partial charge in [0.25, 0.3) is 0 Å². The van der Waals surface area contributed by atoms with Gasteiger partial charge in [-0.3, -0.25) is 0 Å².